The van der Waals surface area contributed by atoms with E-state index in [4.69, 9.17) is 4.74 Å². The lowest BCUT2D eigenvalue weighted by molar-refractivity contribution is 0.284. The molecule has 31 heavy (non-hydrogen) atoms. The third-order valence-electron chi connectivity index (χ3n) is 5.79. The molecule has 4 aromatic rings. The highest BCUT2D eigenvalue weighted by Gasteiger charge is 2.21. The van der Waals surface area contributed by atoms with Crippen LogP contribution in [0.2, 0.25) is 0 Å². The predicted octanol–water partition coefficient (Wildman–Crippen LogP) is 4.35. The second-order valence-corrected chi connectivity index (χ2v) is 7.79. The molecule has 6 nitrogen and oxygen atoms in total. The maximum absolute atomic E-state index is 5.67. The van der Waals surface area contributed by atoms with Gasteiger partial charge in [-0.05, 0) is 30.7 Å². The molecule has 0 spiro atoms. The van der Waals surface area contributed by atoms with E-state index in [1.807, 2.05) is 19.1 Å². The molecule has 1 saturated heterocycles. The zero-order valence-electron chi connectivity index (χ0n) is 17.8. The SMILES string of the molecule is CCOc1ccc2[nH]c3c(N4CCN(C/C=C/c5ccccc5)CC4)ncnc3c2c1. The molecule has 5 rings (SSSR count). The molecule has 1 aliphatic heterocycles. The van der Waals surface area contributed by atoms with Crippen LogP contribution in [0.4, 0.5) is 5.82 Å². The van der Waals surface area contributed by atoms with E-state index in [0.29, 0.717) is 6.61 Å². The number of nitrogens with zero attached hydrogens (tertiary/aromatic N) is 4. The second-order valence-electron chi connectivity index (χ2n) is 7.79. The van der Waals surface area contributed by atoms with Gasteiger partial charge in [-0.2, -0.15) is 0 Å². The second kappa shape index (κ2) is 8.78. The number of H-pyrrole nitrogens is 1. The van der Waals surface area contributed by atoms with Crippen molar-refractivity contribution in [1.82, 2.24) is 19.9 Å². The van der Waals surface area contributed by atoms with Crippen molar-refractivity contribution in [2.45, 2.75) is 6.92 Å². The monoisotopic (exact) mass is 413 g/mol. The summed E-state index contributed by atoms with van der Waals surface area (Å²) in [6.07, 6.45) is 6.12. The van der Waals surface area contributed by atoms with Crippen molar-refractivity contribution < 1.29 is 4.74 Å². The Morgan fingerprint density at radius 2 is 1.87 bits per heavy atom. The van der Waals surface area contributed by atoms with Crippen molar-refractivity contribution in [3.05, 3.63) is 66.5 Å². The van der Waals surface area contributed by atoms with Gasteiger partial charge in [0.2, 0.25) is 0 Å². The minimum Gasteiger partial charge on any atom is -0.494 e. The first-order valence-corrected chi connectivity index (χ1v) is 10.9. The van der Waals surface area contributed by atoms with Crippen LogP contribution in [-0.4, -0.2) is 59.2 Å². The van der Waals surface area contributed by atoms with Gasteiger partial charge in [-0.25, -0.2) is 9.97 Å². The zero-order valence-corrected chi connectivity index (χ0v) is 17.8. The van der Waals surface area contributed by atoms with Gasteiger partial charge in [-0.1, -0.05) is 42.5 Å². The third kappa shape index (κ3) is 4.11. The summed E-state index contributed by atoms with van der Waals surface area (Å²) in [6.45, 7) is 7.54. The number of hydrogen-bond acceptors (Lipinski definition) is 5. The molecule has 0 aliphatic carbocycles. The van der Waals surface area contributed by atoms with Gasteiger partial charge in [0.25, 0.3) is 0 Å². The van der Waals surface area contributed by atoms with Crippen LogP contribution in [0.1, 0.15) is 12.5 Å². The average Bonchev–Trinajstić information content (AvgIpc) is 3.19. The molecule has 0 unspecified atom stereocenters. The van der Waals surface area contributed by atoms with E-state index < -0.39 is 0 Å². The fourth-order valence-corrected chi connectivity index (χ4v) is 4.20. The van der Waals surface area contributed by atoms with E-state index in [0.717, 1.165) is 66.2 Å². The molecule has 2 aromatic carbocycles. The standard InChI is InChI=1S/C25H27N5O/c1-2-31-20-10-11-22-21(17-20)23-24(28-22)25(27-18-26-23)30-15-13-29(14-16-30)12-6-9-19-7-4-3-5-8-19/h3-11,17-18,28H,2,12-16H2,1H3/b9-6+. The molecule has 0 saturated carbocycles. The summed E-state index contributed by atoms with van der Waals surface area (Å²) in [4.78, 5) is 17.6. The molecule has 1 fully saturated rings. The lowest BCUT2D eigenvalue weighted by Crippen LogP contribution is -2.46. The quantitative estimate of drug-likeness (QED) is 0.509. The van der Waals surface area contributed by atoms with Crippen LogP contribution in [0.3, 0.4) is 0 Å². The Bertz CT molecular complexity index is 1190. The Morgan fingerprint density at radius 3 is 2.68 bits per heavy atom. The van der Waals surface area contributed by atoms with Gasteiger partial charge in [-0.3, -0.25) is 4.90 Å². The van der Waals surface area contributed by atoms with E-state index in [1.165, 1.54) is 5.56 Å². The van der Waals surface area contributed by atoms with Crippen molar-refractivity contribution in [2.24, 2.45) is 0 Å². The minimum absolute atomic E-state index is 0.652. The highest BCUT2D eigenvalue weighted by molar-refractivity contribution is 6.08. The molecule has 0 bridgehead atoms. The normalized spacial score (nSPS) is 15.3. The molecule has 0 amide bonds. The van der Waals surface area contributed by atoms with Crippen molar-refractivity contribution >= 4 is 33.8 Å². The molecule has 1 N–H and O–H groups in total. The highest BCUT2D eigenvalue weighted by atomic mass is 16.5. The smallest absolute Gasteiger partial charge is 0.156 e. The third-order valence-corrected chi connectivity index (χ3v) is 5.79. The van der Waals surface area contributed by atoms with Gasteiger partial charge in [0.1, 0.15) is 23.1 Å². The number of piperazine rings is 1. The summed E-state index contributed by atoms with van der Waals surface area (Å²) >= 11 is 0. The predicted molar refractivity (Wildman–Crippen MR) is 127 cm³/mol. The van der Waals surface area contributed by atoms with Crippen LogP contribution in [0.15, 0.2) is 60.9 Å². The first-order valence-electron chi connectivity index (χ1n) is 10.9. The van der Waals surface area contributed by atoms with E-state index >= 15 is 0 Å². The van der Waals surface area contributed by atoms with Gasteiger partial charge < -0.3 is 14.6 Å². The van der Waals surface area contributed by atoms with Crippen molar-refractivity contribution in [1.29, 1.82) is 0 Å². The number of hydrogen-bond donors (Lipinski definition) is 1. The van der Waals surface area contributed by atoms with Crippen LogP contribution >= 0.6 is 0 Å². The summed E-state index contributed by atoms with van der Waals surface area (Å²) in [6, 6.07) is 16.6. The Kier molecular flexibility index (Phi) is 5.54. The largest absolute Gasteiger partial charge is 0.494 e. The Hall–Kier alpha value is -3.38. The first-order chi connectivity index (χ1) is 15.3. The fraction of sp³-hybridized carbons (Fsp3) is 0.280. The van der Waals surface area contributed by atoms with Gasteiger partial charge in [0.15, 0.2) is 5.82 Å². The van der Waals surface area contributed by atoms with Crippen molar-refractivity contribution in [3.8, 4) is 5.75 Å². The average molecular weight is 414 g/mol. The summed E-state index contributed by atoms with van der Waals surface area (Å²) in [5, 5.41) is 1.08. The molecule has 158 valence electrons. The van der Waals surface area contributed by atoms with Crippen LogP contribution in [0, 0.1) is 0 Å². The number of nitrogens with one attached hydrogen (secondary N) is 1. The highest BCUT2D eigenvalue weighted by Crippen LogP contribution is 2.31. The number of aromatic nitrogens is 3. The fourth-order valence-electron chi connectivity index (χ4n) is 4.20. The lowest BCUT2D eigenvalue weighted by atomic mass is 10.2. The molecular formula is C25H27N5O. The van der Waals surface area contributed by atoms with Gasteiger partial charge in [0.05, 0.1) is 6.61 Å². The molecule has 3 heterocycles. The number of aromatic amines is 1. The summed E-state index contributed by atoms with van der Waals surface area (Å²) in [5.74, 6) is 1.85. The molecule has 1 aliphatic rings. The zero-order chi connectivity index (χ0) is 21.0. The van der Waals surface area contributed by atoms with Crippen molar-refractivity contribution in [2.75, 3.05) is 44.2 Å². The molecule has 0 atom stereocenters. The first kappa shape index (κ1) is 19.6. The summed E-state index contributed by atoms with van der Waals surface area (Å²) in [7, 11) is 0. The van der Waals surface area contributed by atoms with Crippen LogP contribution in [0.5, 0.6) is 5.75 Å². The van der Waals surface area contributed by atoms with Crippen LogP contribution in [0.25, 0.3) is 28.0 Å². The van der Waals surface area contributed by atoms with E-state index in [-0.39, 0.29) is 0 Å². The number of rotatable bonds is 6. The Morgan fingerprint density at radius 1 is 1.03 bits per heavy atom. The lowest BCUT2D eigenvalue weighted by Gasteiger charge is -2.34. The van der Waals surface area contributed by atoms with E-state index in [1.54, 1.807) is 6.33 Å². The summed E-state index contributed by atoms with van der Waals surface area (Å²) < 4.78 is 5.67. The number of ether oxygens (including phenoxy) is 1. The molecule has 0 radical (unpaired) electrons. The van der Waals surface area contributed by atoms with E-state index in [2.05, 4.69) is 73.3 Å². The Balaban J connectivity index is 1.30. The molecule has 6 heteroatoms. The van der Waals surface area contributed by atoms with Crippen LogP contribution in [-0.2, 0) is 0 Å². The summed E-state index contributed by atoms with van der Waals surface area (Å²) in [5.41, 5.74) is 4.26. The minimum atomic E-state index is 0.652. The van der Waals surface area contributed by atoms with Gasteiger partial charge >= 0.3 is 0 Å². The van der Waals surface area contributed by atoms with Crippen LogP contribution < -0.4 is 9.64 Å². The molecule has 2 aromatic heterocycles. The topological polar surface area (TPSA) is 57.3 Å². The Labute approximate surface area is 182 Å². The van der Waals surface area contributed by atoms with Gasteiger partial charge in [-0.15, -0.1) is 0 Å². The maximum Gasteiger partial charge on any atom is 0.156 e. The van der Waals surface area contributed by atoms with E-state index in [9.17, 15) is 0 Å². The number of fused-ring (bicyclic) bond motifs is 3. The number of benzene rings is 2. The number of anilines is 1. The molecular weight excluding hydrogens is 386 g/mol. The van der Waals surface area contributed by atoms with Crippen molar-refractivity contribution in [3.63, 3.8) is 0 Å². The maximum atomic E-state index is 5.67. The van der Waals surface area contributed by atoms with Gasteiger partial charge in [0, 0.05) is 43.6 Å².